The molecule has 132 valence electrons. The average molecular weight is 418 g/mol. The Bertz CT molecular complexity index is 1110. The van der Waals surface area contributed by atoms with Crippen LogP contribution in [0.25, 0.3) is 5.65 Å². The smallest absolute Gasteiger partial charge is 0.272 e. The molecule has 0 saturated carbocycles. The number of hydrogen-bond donors (Lipinski definition) is 1. The van der Waals surface area contributed by atoms with Gasteiger partial charge in [0.05, 0.1) is 11.7 Å². The van der Waals surface area contributed by atoms with E-state index in [-0.39, 0.29) is 16.0 Å². The van der Waals surface area contributed by atoms with Crippen LogP contribution >= 0.6 is 15.9 Å². The normalized spacial score (nSPS) is 17.6. The summed E-state index contributed by atoms with van der Waals surface area (Å²) in [5.74, 6) is -0.900. The first-order chi connectivity index (χ1) is 12.4. The third-order valence-corrected chi connectivity index (χ3v) is 5.28. The molecule has 0 aliphatic carbocycles. The van der Waals surface area contributed by atoms with Gasteiger partial charge in [-0.25, -0.2) is 9.37 Å². The molecule has 1 N–H and O–H groups in total. The fourth-order valence-electron chi connectivity index (χ4n) is 3.22. The van der Waals surface area contributed by atoms with E-state index in [4.69, 9.17) is 0 Å². The molecule has 8 heteroatoms. The summed E-state index contributed by atoms with van der Waals surface area (Å²) >= 11 is 3.21. The lowest BCUT2D eigenvalue weighted by atomic mass is 10.1. The number of rotatable bonds is 2. The Morgan fingerprint density at radius 3 is 2.69 bits per heavy atom. The van der Waals surface area contributed by atoms with E-state index < -0.39 is 23.6 Å². The molecular formula is C18H13BrFN3O3. The van der Waals surface area contributed by atoms with E-state index in [0.717, 1.165) is 10.6 Å². The molecule has 3 aromatic rings. The third kappa shape index (κ3) is 2.37. The SMILES string of the molecule is CC(c1nc2ccc(F)cn2c(=O)c1Br)N1C(=O)c2ccccc2C1O. The number of carbonyl (C=O) groups is 1. The van der Waals surface area contributed by atoms with Gasteiger partial charge in [-0.2, -0.15) is 0 Å². The van der Waals surface area contributed by atoms with E-state index >= 15 is 0 Å². The van der Waals surface area contributed by atoms with Gasteiger partial charge in [0.15, 0.2) is 6.23 Å². The second-order valence-electron chi connectivity index (χ2n) is 6.04. The number of halogens is 2. The number of carbonyl (C=O) groups excluding carboxylic acids is 1. The van der Waals surface area contributed by atoms with Gasteiger partial charge in [0.2, 0.25) is 0 Å². The van der Waals surface area contributed by atoms with Crippen molar-refractivity contribution in [2.24, 2.45) is 0 Å². The van der Waals surface area contributed by atoms with E-state index in [0.29, 0.717) is 16.8 Å². The van der Waals surface area contributed by atoms with E-state index in [1.165, 1.54) is 17.0 Å². The number of pyridine rings is 1. The van der Waals surface area contributed by atoms with Gasteiger partial charge in [-0.3, -0.25) is 14.0 Å². The van der Waals surface area contributed by atoms with Crippen molar-refractivity contribution in [2.45, 2.75) is 19.2 Å². The summed E-state index contributed by atoms with van der Waals surface area (Å²) in [6.07, 6.45) is -0.0793. The molecular weight excluding hydrogens is 405 g/mol. The molecule has 1 aliphatic rings. The first-order valence-electron chi connectivity index (χ1n) is 7.87. The first-order valence-corrected chi connectivity index (χ1v) is 8.66. The van der Waals surface area contributed by atoms with Crippen LogP contribution in [-0.2, 0) is 0 Å². The zero-order valence-electron chi connectivity index (χ0n) is 13.6. The van der Waals surface area contributed by atoms with Crippen molar-refractivity contribution in [2.75, 3.05) is 0 Å². The number of benzene rings is 1. The van der Waals surface area contributed by atoms with E-state index in [2.05, 4.69) is 20.9 Å². The van der Waals surface area contributed by atoms with Crippen molar-refractivity contribution in [3.8, 4) is 0 Å². The van der Waals surface area contributed by atoms with Crippen LogP contribution in [-0.4, -0.2) is 25.3 Å². The minimum atomic E-state index is -1.13. The van der Waals surface area contributed by atoms with Crippen molar-refractivity contribution >= 4 is 27.5 Å². The molecule has 2 atom stereocenters. The summed E-state index contributed by atoms with van der Waals surface area (Å²) in [6, 6.07) is 8.71. The van der Waals surface area contributed by atoms with Crippen molar-refractivity contribution in [1.29, 1.82) is 0 Å². The third-order valence-electron chi connectivity index (χ3n) is 4.54. The predicted molar refractivity (Wildman–Crippen MR) is 95.1 cm³/mol. The molecule has 26 heavy (non-hydrogen) atoms. The maximum Gasteiger partial charge on any atom is 0.272 e. The van der Waals surface area contributed by atoms with Crippen molar-refractivity contribution < 1.29 is 14.3 Å². The van der Waals surface area contributed by atoms with Crippen LogP contribution in [0.1, 0.15) is 40.8 Å². The molecule has 1 aromatic carbocycles. The molecule has 0 radical (unpaired) electrons. The molecule has 0 fully saturated rings. The Kier molecular flexibility index (Phi) is 3.89. The monoisotopic (exact) mass is 417 g/mol. The highest BCUT2D eigenvalue weighted by atomic mass is 79.9. The average Bonchev–Trinajstić information content (AvgIpc) is 2.89. The summed E-state index contributed by atoms with van der Waals surface area (Å²) in [6.45, 7) is 1.68. The molecule has 3 heterocycles. The maximum absolute atomic E-state index is 13.4. The standard InChI is InChI=1S/C18H13BrFN3O3/c1-9(23-16(24)11-4-2-3-5-12(11)17(23)25)15-14(19)18(26)22-8-10(20)6-7-13(22)21-15/h2-9,16,24H,1H3. The van der Waals surface area contributed by atoms with Crippen molar-refractivity contribution in [1.82, 2.24) is 14.3 Å². The van der Waals surface area contributed by atoms with Gasteiger partial charge in [-0.1, -0.05) is 18.2 Å². The van der Waals surface area contributed by atoms with Gasteiger partial charge < -0.3 is 10.0 Å². The number of aliphatic hydroxyl groups is 1. The second-order valence-corrected chi connectivity index (χ2v) is 6.83. The summed E-state index contributed by atoms with van der Waals surface area (Å²) in [5, 5.41) is 10.6. The van der Waals surface area contributed by atoms with Crippen molar-refractivity contribution in [3.05, 3.63) is 80.1 Å². The summed E-state index contributed by atoms with van der Waals surface area (Å²) < 4.78 is 14.6. The zero-order chi connectivity index (χ0) is 18.6. The molecule has 4 rings (SSSR count). The Morgan fingerprint density at radius 2 is 1.96 bits per heavy atom. The van der Waals surface area contributed by atoms with Crippen LogP contribution in [0.2, 0.25) is 0 Å². The minimum absolute atomic E-state index is 0.115. The quantitative estimate of drug-likeness (QED) is 0.695. The van der Waals surface area contributed by atoms with Gasteiger partial charge in [0.1, 0.15) is 15.9 Å². The fraction of sp³-hybridized carbons (Fsp3) is 0.167. The van der Waals surface area contributed by atoms with E-state index in [1.54, 1.807) is 31.2 Å². The number of amides is 1. The zero-order valence-corrected chi connectivity index (χ0v) is 15.1. The summed E-state index contributed by atoms with van der Waals surface area (Å²) in [4.78, 5) is 30.9. The highest BCUT2D eigenvalue weighted by Gasteiger charge is 2.39. The molecule has 2 unspecified atom stereocenters. The highest BCUT2D eigenvalue weighted by Crippen LogP contribution is 2.38. The van der Waals surface area contributed by atoms with Crippen LogP contribution < -0.4 is 5.56 Å². The first kappa shape index (κ1) is 16.9. The number of fused-ring (bicyclic) bond motifs is 2. The summed E-state index contributed by atoms with van der Waals surface area (Å²) in [7, 11) is 0. The summed E-state index contributed by atoms with van der Waals surface area (Å²) in [5.41, 5.74) is 0.986. The topological polar surface area (TPSA) is 74.9 Å². The number of aliphatic hydroxyl groups excluding tert-OH is 1. The van der Waals surface area contributed by atoms with Gasteiger partial charge in [0, 0.05) is 17.3 Å². The largest absolute Gasteiger partial charge is 0.369 e. The lowest BCUT2D eigenvalue weighted by molar-refractivity contribution is -0.00124. The molecule has 0 saturated heterocycles. The Hall–Kier alpha value is -2.58. The second kappa shape index (κ2) is 6.00. The maximum atomic E-state index is 13.4. The Labute approximate surface area is 155 Å². The minimum Gasteiger partial charge on any atom is -0.369 e. The Balaban J connectivity index is 1.84. The fourth-order valence-corrected chi connectivity index (χ4v) is 3.83. The molecule has 0 spiro atoms. The lowest BCUT2D eigenvalue weighted by Crippen LogP contribution is -2.33. The van der Waals surface area contributed by atoms with Gasteiger partial charge in [-0.15, -0.1) is 0 Å². The van der Waals surface area contributed by atoms with Gasteiger partial charge >= 0.3 is 0 Å². The van der Waals surface area contributed by atoms with Crippen LogP contribution in [0.5, 0.6) is 0 Å². The van der Waals surface area contributed by atoms with Crippen LogP contribution in [0, 0.1) is 5.82 Å². The van der Waals surface area contributed by atoms with Crippen LogP contribution in [0.3, 0.4) is 0 Å². The van der Waals surface area contributed by atoms with E-state index in [1.807, 2.05) is 0 Å². The molecule has 1 aliphatic heterocycles. The van der Waals surface area contributed by atoms with Crippen molar-refractivity contribution in [3.63, 3.8) is 0 Å². The van der Waals surface area contributed by atoms with Gasteiger partial charge in [0.25, 0.3) is 11.5 Å². The molecule has 6 nitrogen and oxygen atoms in total. The van der Waals surface area contributed by atoms with Gasteiger partial charge in [-0.05, 0) is 41.1 Å². The molecule has 0 bridgehead atoms. The van der Waals surface area contributed by atoms with E-state index in [9.17, 15) is 19.1 Å². The lowest BCUT2D eigenvalue weighted by Gasteiger charge is -2.28. The molecule has 2 aromatic heterocycles. The predicted octanol–water partition coefficient (Wildman–Crippen LogP) is 2.80. The number of aromatic nitrogens is 2. The van der Waals surface area contributed by atoms with Crippen LogP contribution in [0.15, 0.2) is 51.9 Å². The number of hydrogen-bond acceptors (Lipinski definition) is 4. The Morgan fingerprint density at radius 1 is 1.23 bits per heavy atom. The van der Waals surface area contributed by atoms with Crippen LogP contribution in [0.4, 0.5) is 4.39 Å². The number of nitrogens with zero attached hydrogens (tertiary/aromatic N) is 3. The highest BCUT2D eigenvalue weighted by molar-refractivity contribution is 9.10. The molecule has 1 amide bonds.